The fourth-order valence-electron chi connectivity index (χ4n) is 7.43. The number of rotatable bonds is 6. The molecular weight excluding hydrogens is 490 g/mol. The van der Waals surface area contributed by atoms with Gasteiger partial charge in [0.25, 0.3) is 0 Å². The Labute approximate surface area is 230 Å². The van der Waals surface area contributed by atoms with E-state index in [-0.39, 0.29) is 24.0 Å². The minimum absolute atomic E-state index is 0.108. The van der Waals surface area contributed by atoms with Crippen molar-refractivity contribution >= 4 is 23.0 Å². The molecule has 0 spiro atoms. The van der Waals surface area contributed by atoms with Gasteiger partial charge in [0.2, 0.25) is 0 Å². The second-order valence-corrected chi connectivity index (χ2v) is 11.4. The van der Waals surface area contributed by atoms with Crippen molar-refractivity contribution in [2.75, 3.05) is 26.7 Å². The van der Waals surface area contributed by atoms with E-state index in [0.717, 1.165) is 44.3 Å². The summed E-state index contributed by atoms with van der Waals surface area (Å²) in [5, 5.41) is 1.31. The number of esters is 1. The molecule has 1 N–H and O–H groups in total. The van der Waals surface area contributed by atoms with E-state index in [9.17, 15) is 9.59 Å². The Morgan fingerprint density at radius 3 is 2.67 bits per heavy atom. The Bertz CT molecular complexity index is 1320. The largest absolute Gasteiger partial charge is 0.469 e. The molecule has 1 saturated carbocycles. The number of fused-ring (bicyclic) bond motifs is 6. The number of aromatic nitrogens is 1. The SMILES string of the molecule is CCCN(Cc1ccccc1)C(=O)O[C@H]1CC[C@H]2CN3CCc4c([nH]c5ccccc45)[C@@H]3C[C@@H]2[C@H]1C(=O)OC. The molecule has 1 amide bonds. The molecule has 39 heavy (non-hydrogen) atoms. The van der Waals surface area contributed by atoms with E-state index in [1.54, 1.807) is 4.90 Å². The summed E-state index contributed by atoms with van der Waals surface area (Å²) in [6.07, 6.45) is 3.57. The van der Waals surface area contributed by atoms with Gasteiger partial charge in [0, 0.05) is 42.8 Å². The van der Waals surface area contributed by atoms with E-state index in [0.29, 0.717) is 25.4 Å². The molecule has 0 unspecified atom stereocenters. The number of carbonyl (C=O) groups excluding carboxylic acids is 2. The molecule has 1 saturated heterocycles. The molecule has 2 aromatic carbocycles. The first-order chi connectivity index (χ1) is 19.1. The summed E-state index contributed by atoms with van der Waals surface area (Å²) in [7, 11) is 1.45. The number of H-pyrrole nitrogens is 1. The zero-order valence-electron chi connectivity index (χ0n) is 23.0. The molecule has 7 heteroatoms. The van der Waals surface area contributed by atoms with Gasteiger partial charge in [0.1, 0.15) is 6.10 Å². The van der Waals surface area contributed by atoms with Crippen LogP contribution in [0.4, 0.5) is 4.79 Å². The fourth-order valence-corrected chi connectivity index (χ4v) is 7.43. The van der Waals surface area contributed by atoms with Crippen LogP contribution in [0.1, 0.15) is 55.5 Å². The number of nitrogens with zero attached hydrogens (tertiary/aromatic N) is 2. The van der Waals surface area contributed by atoms with Crippen LogP contribution in [0.5, 0.6) is 0 Å². The van der Waals surface area contributed by atoms with Gasteiger partial charge >= 0.3 is 12.1 Å². The van der Waals surface area contributed by atoms with Crippen LogP contribution in [0.15, 0.2) is 54.6 Å². The third kappa shape index (κ3) is 4.93. The van der Waals surface area contributed by atoms with E-state index in [1.165, 1.54) is 29.3 Å². The molecule has 0 radical (unpaired) electrons. The van der Waals surface area contributed by atoms with Gasteiger partial charge in [-0.25, -0.2) is 4.79 Å². The molecule has 1 aliphatic carbocycles. The minimum atomic E-state index is -0.473. The molecule has 206 valence electrons. The standard InChI is InChI=1S/C32H39N3O4/c1-3-16-35(19-21-9-5-4-6-10-21)32(37)39-28-14-13-22-20-34-17-15-24-23-11-7-8-12-26(23)33-30(24)27(34)18-25(22)29(28)31(36)38-2/h4-12,22,25,27-29,33H,3,13-20H2,1-2H3/t22-,25-,27-,28-,29+/m0/s1. The van der Waals surface area contributed by atoms with Crippen LogP contribution in [0.2, 0.25) is 0 Å². The minimum Gasteiger partial charge on any atom is -0.469 e. The number of amides is 1. The maximum atomic E-state index is 13.5. The number of benzene rings is 2. The summed E-state index contributed by atoms with van der Waals surface area (Å²) in [4.78, 5) is 34.8. The predicted octanol–water partition coefficient (Wildman–Crippen LogP) is 5.70. The van der Waals surface area contributed by atoms with Gasteiger partial charge in [-0.3, -0.25) is 9.69 Å². The molecule has 3 aliphatic rings. The summed E-state index contributed by atoms with van der Waals surface area (Å²) >= 11 is 0. The molecule has 7 nitrogen and oxygen atoms in total. The third-order valence-electron chi connectivity index (χ3n) is 9.22. The molecule has 5 atom stereocenters. The number of aromatic amines is 1. The Morgan fingerprint density at radius 1 is 1.08 bits per heavy atom. The van der Waals surface area contributed by atoms with Crippen molar-refractivity contribution in [3.05, 3.63) is 71.4 Å². The summed E-state index contributed by atoms with van der Waals surface area (Å²) in [6.45, 7) is 5.17. The Morgan fingerprint density at radius 2 is 1.87 bits per heavy atom. The van der Waals surface area contributed by atoms with Gasteiger partial charge in [-0.1, -0.05) is 55.5 Å². The molecule has 2 aliphatic heterocycles. The quantitative estimate of drug-likeness (QED) is 0.415. The Balaban J connectivity index is 1.24. The smallest absolute Gasteiger partial charge is 0.410 e. The number of para-hydroxylation sites is 1. The van der Waals surface area contributed by atoms with Crippen LogP contribution in [0, 0.1) is 17.8 Å². The van der Waals surface area contributed by atoms with E-state index in [4.69, 9.17) is 9.47 Å². The van der Waals surface area contributed by atoms with Gasteiger partial charge in [-0.2, -0.15) is 0 Å². The lowest BCUT2D eigenvalue weighted by Gasteiger charge is -2.51. The van der Waals surface area contributed by atoms with Crippen LogP contribution < -0.4 is 0 Å². The Hall–Kier alpha value is -3.32. The monoisotopic (exact) mass is 529 g/mol. The predicted molar refractivity (Wildman–Crippen MR) is 150 cm³/mol. The van der Waals surface area contributed by atoms with Crippen molar-refractivity contribution < 1.29 is 19.1 Å². The molecule has 1 aromatic heterocycles. The van der Waals surface area contributed by atoms with Crippen LogP contribution in [0.25, 0.3) is 10.9 Å². The van der Waals surface area contributed by atoms with Crippen molar-refractivity contribution in [3.8, 4) is 0 Å². The van der Waals surface area contributed by atoms with Crippen molar-refractivity contribution in [1.29, 1.82) is 0 Å². The molecule has 3 aromatic rings. The molecule has 0 bridgehead atoms. The number of nitrogens with one attached hydrogen (secondary N) is 1. The summed E-state index contributed by atoms with van der Waals surface area (Å²) in [5.41, 5.74) is 4.95. The highest BCUT2D eigenvalue weighted by Gasteiger charge is 2.51. The zero-order chi connectivity index (χ0) is 26.9. The number of hydrogen-bond donors (Lipinski definition) is 1. The average Bonchev–Trinajstić information content (AvgIpc) is 3.35. The van der Waals surface area contributed by atoms with Crippen molar-refractivity contribution in [1.82, 2.24) is 14.8 Å². The lowest BCUT2D eigenvalue weighted by Crippen LogP contribution is -2.54. The van der Waals surface area contributed by atoms with Crippen molar-refractivity contribution in [2.24, 2.45) is 17.8 Å². The van der Waals surface area contributed by atoms with Crippen LogP contribution in [-0.4, -0.2) is 59.7 Å². The van der Waals surface area contributed by atoms with E-state index < -0.39 is 12.0 Å². The highest BCUT2D eigenvalue weighted by atomic mass is 16.6. The number of hydrogen-bond acceptors (Lipinski definition) is 5. The summed E-state index contributed by atoms with van der Waals surface area (Å²) in [5.74, 6) is -0.206. The highest BCUT2D eigenvalue weighted by molar-refractivity contribution is 5.85. The van der Waals surface area contributed by atoms with Crippen molar-refractivity contribution in [3.63, 3.8) is 0 Å². The lowest BCUT2D eigenvalue weighted by molar-refractivity contribution is -0.160. The van der Waals surface area contributed by atoms with Crippen LogP contribution in [0.3, 0.4) is 0 Å². The lowest BCUT2D eigenvalue weighted by atomic mass is 9.64. The maximum absolute atomic E-state index is 13.5. The molecule has 2 fully saturated rings. The van der Waals surface area contributed by atoms with Gasteiger partial charge in [-0.05, 0) is 61.1 Å². The second-order valence-electron chi connectivity index (χ2n) is 11.4. The summed E-state index contributed by atoms with van der Waals surface area (Å²) in [6, 6.07) is 18.7. The fraction of sp³-hybridized carbons (Fsp3) is 0.500. The second kappa shape index (κ2) is 11.0. The van der Waals surface area contributed by atoms with Gasteiger partial charge in [0.15, 0.2) is 0 Å². The molecule has 6 rings (SSSR count). The first-order valence-electron chi connectivity index (χ1n) is 14.5. The first-order valence-corrected chi connectivity index (χ1v) is 14.5. The van der Waals surface area contributed by atoms with E-state index >= 15 is 0 Å². The third-order valence-corrected chi connectivity index (χ3v) is 9.22. The number of ether oxygens (including phenoxy) is 2. The molecule has 3 heterocycles. The zero-order valence-corrected chi connectivity index (χ0v) is 23.0. The van der Waals surface area contributed by atoms with Gasteiger partial charge in [0.05, 0.1) is 19.1 Å². The van der Waals surface area contributed by atoms with E-state index in [1.807, 2.05) is 30.3 Å². The number of piperidine rings is 1. The number of methoxy groups -OCH3 is 1. The van der Waals surface area contributed by atoms with E-state index in [2.05, 4.69) is 41.1 Å². The average molecular weight is 530 g/mol. The topological polar surface area (TPSA) is 74.9 Å². The van der Waals surface area contributed by atoms with Crippen molar-refractivity contribution in [2.45, 2.75) is 57.7 Å². The Kier molecular flexibility index (Phi) is 7.34. The van der Waals surface area contributed by atoms with Crippen LogP contribution in [-0.2, 0) is 27.2 Å². The molecular formula is C32H39N3O4. The van der Waals surface area contributed by atoms with Gasteiger partial charge < -0.3 is 19.4 Å². The first kappa shape index (κ1) is 25.9. The van der Waals surface area contributed by atoms with Crippen LogP contribution >= 0.6 is 0 Å². The maximum Gasteiger partial charge on any atom is 0.410 e. The normalized spacial score (nSPS) is 26.3. The highest BCUT2D eigenvalue weighted by Crippen LogP contribution is 2.50. The van der Waals surface area contributed by atoms with Gasteiger partial charge in [-0.15, -0.1) is 0 Å². The number of carbonyl (C=O) groups is 2. The summed E-state index contributed by atoms with van der Waals surface area (Å²) < 4.78 is 11.5.